The number of aliphatic hydroxyl groups is 1. The first kappa shape index (κ1) is 13.9. The molecule has 19 heavy (non-hydrogen) atoms. The Labute approximate surface area is 114 Å². The molecule has 4 heteroatoms. The van der Waals surface area contributed by atoms with Crippen LogP contribution in [0.4, 0.5) is 0 Å². The maximum Gasteiger partial charge on any atom is 0.226 e. The van der Waals surface area contributed by atoms with E-state index in [0.717, 1.165) is 11.3 Å². The third-order valence-corrected chi connectivity index (χ3v) is 3.47. The highest BCUT2D eigenvalue weighted by molar-refractivity contribution is 5.77. The second kappa shape index (κ2) is 6.06. The molecule has 0 radical (unpaired) electrons. The van der Waals surface area contributed by atoms with Gasteiger partial charge in [0, 0.05) is 25.6 Å². The summed E-state index contributed by atoms with van der Waals surface area (Å²) in [6.07, 6.45) is 0.394. The zero-order valence-corrected chi connectivity index (χ0v) is 11.6. The number of amides is 1. The molecule has 1 fully saturated rings. The average Bonchev–Trinajstić information content (AvgIpc) is 2.30. The van der Waals surface area contributed by atoms with Gasteiger partial charge in [-0.2, -0.15) is 0 Å². The van der Waals surface area contributed by atoms with Crippen LogP contribution in [0.15, 0.2) is 18.2 Å². The fourth-order valence-corrected chi connectivity index (χ4v) is 2.26. The zero-order chi connectivity index (χ0) is 13.8. The third kappa shape index (κ3) is 3.47. The monoisotopic (exact) mass is 263 g/mol. The molecule has 0 aliphatic carbocycles. The highest BCUT2D eigenvalue weighted by Gasteiger charge is 2.29. The molecule has 1 aromatic rings. The van der Waals surface area contributed by atoms with E-state index in [9.17, 15) is 4.79 Å². The summed E-state index contributed by atoms with van der Waals surface area (Å²) in [5.74, 6) is 1.22. The number of aliphatic hydroxyl groups excluding tert-OH is 1. The summed E-state index contributed by atoms with van der Waals surface area (Å²) in [7, 11) is 0. The van der Waals surface area contributed by atoms with Crippen LogP contribution in [-0.4, -0.2) is 42.2 Å². The Morgan fingerprint density at radius 3 is 2.79 bits per heavy atom. The quantitative estimate of drug-likeness (QED) is 0.876. The summed E-state index contributed by atoms with van der Waals surface area (Å²) in [4.78, 5) is 13.6. The number of carbonyl (C=O) groups excluding carboxylic acids is 1. The number of aryl methyl sites for hydroxylation is 2. The third-order valence-electron chi connectivity index (χ3n) is 3.47. The van der Waals surface area contributed by atoms with Gasteiger partial charge in [0.05, 0.1) is 13.0 Å². The summed E-state index contributed by atoms with van der Waals surface area (Å²) >= 11 is 0. The Morgan fingerprint density at radius 2 is 2.16 bits per heavy atom. The van der Waals surface area contributed by atoms with Crippen molar-refractivity contribution in [2.24, 2.45) is 5.92 Å². The van der Waals surface area contributed by atoms with Gasteiger partial charge in [-0.25, -0.2) is 0 Å². The number of hydrogen-bond donors (Lipinski definition) is 1. The van der Waals surface area contributed by atoms with Crippen molar-refractivity contribution in [2.45, 2.75) is 20.3 Å². The van der Waals surface area contributed by atoms with Crippen LogP contribution in [0.1, 0.15) is 17.5 Å². The minimum Gasteiger partial charge on any atom is -0.493 e. The largest absolute Gasteiger partial charge is 0.493 e. The predicted octanol–water partition coefficient (Wildman–Crippen LogP) is 1.52. The van der Waals surface area contributed by atoms with Gasteiger partial charge in [-0.3, -0.25) is 4.79 Å². The van der Waals surface area contributed by atoms with Crippen LogP contribution in [0.5, 0.6) is 5.75 Å². The Kier molecular flexibility index (Phi) is 4.43. The van der Waals surface area contributed by atoms with E-state index >= 15 is 0 Å². The van der Waals surface area contributed by atoms with E-state index in [1.165, 1.54) is 5.56 Å². The van der Waals surface area contributed by atoms with E-state index in [2.05, 4.69) is 6.07 Å². The van der Waals surface area contributed by atoms with E-state index in [0.29, 0.717) is 26.1 Å². The molecule has 4 nitrogen and oxygen atoms in total. The first-order valence-corrected chi connectivity index (χ1v) is 6.69. The van der Waals surface area contributed by atoms with E-state index in [1.807, 2.05) is 26.0 Å². The Balaban J connectivity index is 1.73. The molecular formula is C15H21NO3. The lowest BCUT2D eigenvalue weighted by Crippen LogP contribution is -2.51. The molecular weight excluding hydrogens is 242 g/mol. The molecule has 1 aromatic carbocycles. The lowest BCUT2D eigenvalue weighted by Gasteiger charge is -2.38. The summed E-state index contributed by atoms with van der Waals surface area (Å²) in [5.41, 5.74) is 2.30. The molecule has 1 aliphatic heterocycles. The van der Waals surface area contributed by atoms with Crippen molar-refractivity contribution in [3.63, 3.8) is 0 Å². The van der Waals surface area contributed by atoms with Gasteiger partial charge in [0.15, 0.2) is 0 Å². The number of rotatable bonds is 5. The Morgan fingerprint density at radius 1 is 1.42 bits per heavy atom. The molecule has 0 spiro atoms. The molecule has 0 unspecified atom stereocenters. The van der Waals surface area contributed by atoms with Gasteiger partial charge in [0.1, 0.15) is 5.75 Å². The molecule has 1 saturated heterocycles. The van der Waals surface area contributed by atoms with Gasteiger partial charge >= 0.3 is 0 Å². The predicted molar refractivity (Wildman–Crippen MR) is 73.2 cm³/mol. The summed E-state index contributed by atoms with van der Waals surface area (Å²) in [5, 5.41) is 8.90. The smallest absolute Gasteiger partial charge is 0.226 e. The number of benzene rings is 1. The van der Waals surface area contributed by atoms with E-state index in [4.69, 9.17) is 9.84 Å². The first-order chi connectivity index (χ1) is 9.10. The van der Waals surface area contributed by atoms with E-state index in [-0.39, 0.29) is 18.4 Å². The molecule has 1 aliphatic rings. The minimum atomic E-state index is 0.106. The molecule has 0 bridgehead atoms. The van der Waals surface area contributed by atoms with Crippen LogP contribution in [-0.2, 0) is 4.79 Å². The van der Waals surface area contributed by atoms with Gasteiger partial charge in [0.25, 0.3) is 0 Å². The second-order valence-corrected chi connectivity index (χ2v) is 5.21. The maximum atomic E-state index is 11.8. The fraction of sp³-hybridized carbons (Fsp3) is 0.533. The summed E-state index contributed by atoms with van der Waals surface area (Å²) in [6.45, 7) is 5.98. The fourth-order valence-electron chi connectivity index (χ4n) is 2.26. The lowest BCUT2D eigenvalue weighted by molar-refractivity contribution is -0.138. The molecule has 1 heterocycles. The average molecular weight is 263 g/mol. The number of hydrogen-bond acceptors (Lipinski definition) is 3. The van der Waals surface area contributed by atoms with Crippen LogP contribution >= 0.6 is 0 Å². The van der Waals surface area contributed by atoms with E-state index in [1.54, 1.807) is 4.90 Å². The molecule has 1 amide bonds. The maximum absolute atomic E-state index is 11.8. The van der Waals surface area contributed by atoms with Gasteiger partial charge < -0.3 is 14.7 Å². The second-order valence-electron chi connectivity index (χ2n) is 5.21. The van der Waals surface area contributed by atoms with Crippen molar-refractivity contribution in [1.82, 2.24) is 4.90 Å². The van der Waals surface area contributed by atoms with Crippen LogP contribution in [0, 0.1) is 19.8 Å². The van der Waals surface area contributed by atoms with Crippen LogP contribution in [0.2, 0.25) is 0 Å². The highest BCUT2D eigenvalue weighted by Crippen LogP contribution is 2.19. The van der Waals surface area contributed by atoms with Crippen LogP contribution in [0.3, 0.4) is 0 Å². The molecule has 0 aromatic heterocycles. The summed E-state index contributed by atoms with van der Waals surface area (Å²) < 4.78 is 5.64. The molecule has 0 atom stereocenters. The van der Waals surface area contributed by atoms with Gasteiger partial charge in [-0.15, -0.1) is 0 Å². The number of likely N-dealkylation sites (tertiary alicyclic amines) is 1. The topological polar surface area (TPSA) is 49.8 Å². The van der Waals surface area contributed by atoms with Gasteiger partial charge in [0.2, 0.25) is 5.91 Å². The molecule has 2 rings (SSSR count). The highest BCUT2D eigenvalue weighted by atomic mass is 16.5. The van der Waals surface area contributed by atoms with Gasteiger partial charge in [-0.1, -0.05) is 17.7 Å². The standard InChI is InChI=1S/C15H21NO3/c1-11-3-4-14(12(2)7-11)19-6-5-15(18)16-8-13(9-16)10-17/h3-4,7,13,17H,5-6,8-10H2,1-2H3. The van der Waals surface area contributed by atoms with Gasteiger partial charge in [-0.05, 0) is 25.5 Å². The zero-order valence-electron chi connectivity index (χ0n) is 11.6. The van der Waals surface area contributed by atoms with Crippen molar-refractivity contribution in [3.05, 3.63) is 29.3 Å². The Bertz CT molecular complexity index is 453. The van der Waals surface area contributed by atoms with Crippen LogP contribution in [0.25, 0.3) is 0 Å². The van der Waals surface area contributed by atoms with Crippen molar-refractivity contribution in [2.75, 3.05) is 26.3 Å². The minimum absolute atomic E-state index is 0.106. The lowest BCUT2D eigenvalue weighted by atomic mass is 10.0. The molecule has 104 valence electrons. The normalized spacial score (nSPS) is 15.2. The van der Waals surface area contributed by atoms with Crippen molar-refractivity contribution in [1.29, 1.82) is 0 Å². The number of nitrogens with zero attached hydrogens (tertiary/aromatic N) is 1. The Hall–Kier alpha value is -1.55. The molecule has 1 N–H and O–H groups in total. The number of carbonyl (C=O) groups is 1. The van der Waals surface area contributed by atoms with Crippen molar-refractivity contribution < 1.29 is 14.6 Å². The van der Waals surface area contributed by atoms with E-state index < -0.39 is 0 Å². The summed E-state index contributed by atoms with van der Waals surface area (Å²) in [6, 6.07) is 6.02. The van der Waals surface area contributed by atoms with Crippen LogP contribution < -0.4 is 4.74 Å². The van der Waals surface area contributed by atoms with Crippen molar-refractivity contribution >= 4 is 5.91 Å². The SMILES string of the molecule is Cc1ccc(OCCC(=O)N2CC(CO)C2)c(C)c1. The van der Waals surface area contributed by atoms with Crippen molar-refractivity contribution in [3.8, 4) is 5.75 Å². The molecule has 0 saturated carbocycles. The number of ether oxygens (including phenoxy) is 1. The first-order valence-electron chi connectivity index (χ1n) is 6.69.